The number of aromatic nitrogens is 1. The fourth-order valence-electron chi connectivity index (χ4n) is 4.86. The van der Waals surface area contributed by atoms with Gasteiger partial charge in [0.1, 0.15) is 11.4 Å². The first kappa shape index (κ1) is 25.3. The molecule has 190 valence electrons. The van der Waals surface area contributed by atoms with Gasteiger partial charge in [0.15, 0.2) is 5.54 Å². The number of likely N-dealkylation sites (tertiary alicyclic amines) is 1. The van der Waals surface area contributed by atoms with Crippen LogP contribution in [0.5, 0.6) is 5.75 Å². The Kier molecular flexibility index (Phi) is 6.56. The second-order valence-electron chi connectivity index (χ2n) is 10.1. The number of amides is 1. The summed E-state index contributed by atoms with van der Waals surface area (Å²) in [6, 6.07) is 14.8. The molecule has 0 spiro atoms. The minimum Gasteiger partial charge on any atom is -0.497 e. The van der Waals surface area contributed by atoms with Crippen LogP contribution >= 0.6 is 0 Å². The number of β-lactam (4-membered cyclic amide) rings is 1. The van der Waals surface area contributed by atoms with Gasteiger partial charge in [-0.15, -0.1) is 0 Å². The molecule has 1 fully saturated rings. The predicted molar refractivity (Wildman–Crippen MR) is 135 cm³/mol. The molecule has 1 aromatic heterocycles. The summed E-state index contributed by atoms with van der Waals surface area (Å²) in [5.41, 5.74) is 0.400. The Morgan fingerprint density at radius 2 is 1.69 bits per heavy atom. The Morgan fingerprint density at radius 1 is 1.03 bits per heavy atom. The maximum absolute atomic E-state index is 13.3. The van der Waals surface area contributed by atoms with Crippen LogP contribution in [0.15, 0.2) is 54.7 Å². The third kappa shape index (κ3) is 4.32. The van der Waals surface area contributed by atoms with E-state index in [0.717, 1.165) is 16.5 Å². The quantitative estimate of drug-likeness (QED) is 0.370. The maximum atomic E-state index is 13.3. The van der Waals surface area contributed by atoms with Gasteiger partial charge in [-0.1, -0.05) is 37.3 Å². The number of methoxy groups -OCH3 is 2. The number of rotatable bonds is 6. The van der Waals surface area contributed by atoms with Gasteiger partial charge >= 0.3 is 12.1 Å². The fourth-order valence-corrected chi connectivity index (χ4v) is 4.86. The lowest BCUT2D eigenvalue weighted by Gasteiger charge is -2.54. The number of hydrogen-bond donors (Lipinski definition) is 0. The number of ether oxygens (including phenoxy) is 3. The van der Waals surface area contributed by atoms with Gasteiger partial charge in [-0.25, -0.2) is 9.59 Å². The molecule has 8 nitrogen and oxygen atoms in total. The molecule has 2 heterocycles. The van der Waals surface area contributed by atoms with Crippen LogP contribution in [0.25, 0.3) is 10.9 Å². The predicted octanol–water partition coefficient (Wildman–Crippen LogP) is 4.57. The van der Waals surface area contributed by atoms with Gasteiger partial charge in [-0.2, -0.15) is 0 Å². The maximum Gasteiger partial charge on any atom is 0.419 e. The van der Waals surface area contributed by atoms with Gasteiger partial charge in [0.05, 0.1) is 25.7 Å². The zero-order valence-corrected chi connectivity index (χ0v) is 21.5. The number of fused-ring (bicyclic) bond motifs is 1. The Hall–Kier alpha value is -3.81. The molecule has 1 aliphatic heterocycles. The minimum atomic E-state index is -1.21. The Morgan fingerprint density at radius 3 is 2.31 bits per heavy atom. The van der Waals surface area contributed by atoms with E-state index in [1.807, 2.05) is 69.3 Å². The fraction of sp³-hybridized carbons (Fsp3) is 0.393. The first-order chi connectivity index (χ1) is 17.0. The van der Waals surface area contributed by atoms with E-state index in [9.17, 15) is 14.4 Å². The van der Waals surface area contributed by atoms with Crippen molar-refractivity contribution in [2.75, 3.05) is 14.2 Å². The van der Waals surface area contributed by atoms with Crippen molar-refractivity contribution in [1.82, 2.24) is 9.47 Å². The standard InChI is InChI=1S/C28H32N2O6/c1-18-24(31)30(16-19-11-13-21(34-5)14-12-19)28(18,25(32)35-6)15-20-17-29(26(33)36-27(2,3)4)23-10-8-7-9-22(20)23/h7-14,17-18H,15-16H2,1-6H3. The number of carbonyl (C=O) groups excluding carboxylic acids is 3. The Labute approximate surface area is 210 Å². The molecule has 0 radical (unpaired) electrons. The van der Waals surface area contributed by atoms with Crippen molar-refractivity contribution in [1.29, 1.82) is 0 Å². The number of carbonyl (C=O) groups is 3. The average molecular weight is 493 g/mol. The SMILES string of the molecule is COC(=O)C1(Cc2cn(C(=O)OC(C)(C)C)c3ccccc23)C(C)C(=O)N1Cc1ccc(OC)cc1. The first-order valence-corrected chi connectivity index (χ1v) is 11.9. The average Bonchev–Trinajstić information content (AvgIpc) is 3.23. The highest BCUT2D eigenvalue weighted by Gasteiger charge is 2.63. The monoisotopic (exact) mass is 492 g/mol. The van der Waals surface area contributed by atoms with Gasteiger partial charge < -0.3 is 19.1 Å². The summed E-state index contributed by atoms with van der Waals surface area (Å²) < 4.78 is 17.5. The summed E-state index contributed by atoms with van der Waals surface area (Å²) in [5.74, 6) is -0.507. The molecule has 0 aliphatic carbocycles. The third-order valence-corrected chi connectivity index (χ3v) is 6.72. The second-order valence-corrected chi connectivity index (χ2v) is 10.1. The number of nitrogens with zero attached hydrogens (tertiary/aromatic N) is 2. The molecule has 1 aliphatic rings. The van der Waals surface area contributed by atoms with Crippen molar-refractivity contribution in [2.24, 2.45) is 5.92 Å². The molecule has 0 N–H and O–H groups in total. The largest absolute Gasteiger partial charge is 0.497 e. The lowest BCUT2D eigenvalue weighted by atomic mass is 9.70. The van der Waals surface area contributed by atoms with Crippen molar-refractivity contribution in [2.45, 2.75) is 51.8 Å². The zero-order valence-electron chi connectivity index (χ0n) is 21.5. The summed E-state index contributed by atoms with van der Waals surface area (Å²) in [5, 5.41) is 0.808. The molecule has 2 aromatic carbocycles. The Balaban J connectivity index is 1.75. The summed E-state index contributed by atoms with van der Waals surface area (Å²) in [4.78, 5) is 40.9. The van der Waals surface area contributed by atoms with Crippen LogP contribution in [0.4, 0.5) is 4.79 Å². The van der Waals surface area contributed by atoms with E-state index in [4.69, 9.17) is 14.2 Å². The molecule has 0 bridgehead atoms. The lowest BCUT2D eigenvalue weighted by Crippen LogP contribution is -2.74. The van der Waals surface area contributed by atoms with Crippen LogP contribution in [0.1, 0.15) is 38.8 Å². The van der Waals surface area contributed by atoms with Crippen LogP contribution < -0.4 is 4.74 Å². The van der Waals surface area contributed by atoms with E-state index >= 15 is 0 Å². The number of benzene rings is 2. The zero-order chi connectivity index (χ0) is 26.3. The molecular formula is C28H32N2O6. The van der Waals surface area contributed by atoms with E-state index in [0.29, 0.717) is 11.3 Å². The molecule has 8 heteroatoms. The van der Waals surface area contributed by atoms with Gasteiger partial charge in [-0.3, -0.25) is 9.36 Å². The highest BCUT2D eigenvalue weighted by molar-refractivity contribution is 6.02. The molecule has 2 atom stereocenters. The molecule has 0 saturated carbocycles. The highest BCUT2D eigenvalue weighted by Crippen LogP contribution is 2.44. The molecule has 4 rings (SSSR count). The number of hydrogen-bond acceptors (Lipinski definition) is 6. The molecular weight excluding hydrogens is 460 g/mol. The number of esters is 1. The summed E-state index contributed by atoms with van der Waals surface area (Å²) >= 11 is 0. The highest BCUT2D eigenvalue weighted by atomic mass is 16.6. The summed E-state index contributed by atoms with van der Waals surface area (Å²) in [6.07, 6.45) is 1.38. The van der Waals surface area contributed by atoms with E-state index in [1.165, 1.54) is 11.7 Å². The van der Waals surface area contributed by atoms with Crippen LogP contribution in [-0.2, 0) is 32.0 Å². The van der Waals surface area contributed by atoms with Crippen LogP contribution in [0.3, 0.4) is 0 Å². The van der Waals surface area contributed by atoms with E-state index in [1.54, 1.807) is 25.1 Å². The van der Waals surface area contributed by atoms with Gasteiger partial charge in [0.2, 0.25) is 5.91 Å². The van der Waals surface area contributed by atoms with E-state index < -0.39 is 29.1 Å². The van der Waals surface area contributed by atoms with Crippen LogP contribution in [0.2, 0.25) is 0 Å². The van der Waals surface area contributed by atoms with Crippen molar-refractivity contribution in [3.05, 3.63) is 65.9 Å². The summed E-state index contributed by atoms with van der Waals surface area (Å²) in [6.45, 7) is 7.41. The topological polar surface area (TPSA) is 87.1 Å². The molecule has 1 saturated heterocycles. The van der Waals surface area contributed by atoms with Crippen molar-refractivity contribution < 1.29 is 28.6 Å². The van der Waals surface area contributed by atoms with E-state index in [-0.39, 0.29) is 18.9 Å². The third-order valence-electron chi connectivity index (χ3n) is 6.72. The molecule has 1 amide bonds. The Bertz CT molecular complexity index is 1300. The van der Waals surface area contributed by atoms with Crippen LogP contribution in [0, 0.1) is 5.92 Å². The second kappa shape index (κ2) is 9.33. The minimum absolute atomic E-state index is 0.132. The lowest BCUT2D eigenvalue weighted by molar-refractivity contribution is -0.190. The smallest absolute Gasteiger partial charge is 0.419 e. The summed E-state index contributed by atoms with van der Waals surface area (Å²) in [7, 11) is 2.92. The van der Waals surface area contributed by atoms with Gasteiger partial charge in [0.25, 0.3) is 0 Å². The van der Waals surface area contributed by atoms with Crippen molar-refractivity contribution >= 4 is 28.9 Å². The van der Waals surface area contributed by atoms with Crippen molar-refractivity contribution in [3.63, 3.8) is 0 Å². The van der Waals surface area contributed by atoms with Crippen LogP contribution in [-0.4, -0.2) is 52.8 Å². The molecule has 2 unspecified atom stereocenters. The first-order valence-electron chi connectivity index (χ1n) is 11.9. The number of para-hydroxylation sites is 1. The van der Waals surface area contributed by atoms with E-state index in [2.05, 4.69) is 0 Å². The molecule has 3 aromatic rings. The normalized spacial score (nSPS) is 19.7. The molecule has 36 heavy (non-hydrogen) atoms. The van der Waals surface area contributed by atoms with Gasteiger partial charge in [0, 0.05) is 24.5 Å². The van der Waals surface area contributed by atoms with Crippen molar-refractivity contribution in [3.8, 4) is 5.75 Å². The van der Waals surface area contributed by atoms with Gasteiger partial charge in [-0.05, 0) is 50.1 Å².